The van der Waals surface area contributed by atoms with E-state index in [1.165, 1.54) is 32.1 Å². The first kappa shape index (κ1) is 14.6. The standard InChI is InChI=1S/C17H24N2O/c1-2-3-4-5-6-10-13-15-16(18-19-17(15)20)14-11-8-7-9-12-14/h7-9,11-12H,2-6,10,13H2,1H3,(H2,18,19,20). The van der Waals surface area contributed by atoms with Gasteiger partial charge in [0.25, 0.3) is 5.56 Å². The van der Waals surface area contributed by atoms with E-state index in [0.29, 0.717) is 0 Å². The van der Waals surface area contributed by atoms with E-state index in [-0.39, 0.29) is 5.56 Å². The SMILES string of the molecule is CCCCCCCCc1c(-c2ccccc2)[nH][nH]c1=O. The summed E-state index contributed by atoms with van der Waals surface area (Å²) >= 11 is 0. The molecule has 2 aromatic rings. The lowest BCUT2D eigenvalue weighted by Gasteiger charge is -2.03. The van der Waals surface area contributed by atoms with Crippen LogP contribution in [0.5, 0.6) is 0 Å². The molecule has 0 atom stereocenters. The van der Waals surface area contributed by atoms with Crippen LogP contribution in [0.2, 0.25) is 0 Å². The summed E-state index contributed by atoms with van der Waals surface area (Å²) in [5, 5.41) is 5.73. The molecule has 1 aromatic carbocycles. The van der Waals surface area contributed by atoms with Crippen molar-refractivity contribution in [2.45, 2.75) is 51.9 Å². The molecular weight excluding hydrogens is 248 g/mol. The van der Waals surface area contributed by atoms with Gasteiger partial charge in [-0.1, -0.05) is 69.4 Å². The molecule has 3 heteroatoms. The van der Waals surface area contributed by atoms with E-state index in [4.69, 9.17) is 0 Å². The Bertz CT molecular complexity index is 554. The molecule has 0 fully saturated rings. The van der Waals surface area contributed by atoms with E-state index < -0.39 is 0 Å². The number of unbranched alkanes of at least 4 members (excludes halogenated alkanes) is 5. The molecule has 0 spiro atoms. The second-order valence-corrected chi connectivity index (χ2v) is 5.32. The summed E-state index contributed by atoms with van der Waals surface area (Å²) in [6, 6.07) is 10.0. The quantitative estimate of drug-likeness (QED) is 0.693. The number of nitrogens with one attached hydrogen (secondary N) is 2. The van der Waals surface area contributed by atoms with Gasteiger partial charge < -0.3 is 0 Å². The molecule has 1 aromatic heterocycles. The Morgan fingerprint density at radius 2 is 1.60 bits per heavy atom. The van der Waals surface area contributed by atoms with Gasteiger partial charge >= 0.3 is 0 Å². The average molecular weight is 272 g/mol. The number of aromatic amines is 2. The first-order valence-corrected chi connectivity index (χ1v) is 7.68. The summed E-state index contributed by atoms with van der Waals surface area (Å²) in [6.45, 7) is 2.23. The van der Waals surface area contributed by atoms with Crippen LogP contribution in [-0.2, 0) is 6.42 Å². The van der Waals surface area contributed by atoms with E-state index in [0.717, 1.165) is 29.7 Å². The summed E-state index contributed by atoms with van der Waals surface area (Å²) in [5.41, 5.74) is 2.94. The summed E-state index contributed by atoms with van der Waals surface area (Å²) in [5.74, 6) is 0. The summed E-state index contributed by atoms with van der Waals surface area (Å²) in [7, 11) is 0. The van der Waals surface area contributed by atoms with Crippen LogP contribution in [0.4, 0.5) is 0 Å². The van der Waals surface area contributed by atoms with Crippen LogP contribution in [0, 0.1) is 0 Å². The zero-order valence-electron chi connectivity index (χ0n) is 12.2. The minimum absolute atomic E-state index is 0.0254. The number of rotatable bonds is 8. The van der Waals surface area contributed by atoms with Gasteiger partial charge in [0.15, 0.2) is 0 Å². The minimum Gasteiger partial charge on any atom is -0.297 e. The monoisotopic (exact) mass is 272 g/mol. The van der Waals surface area contributed by atoms with Crippen molar-refractivity contribution >= 4 is 0 Å². The average Bonchev–Trinajstić information content (AvgIpc) is 2.85. The lowest BCUT2D eigenvalue weighted by Crippen LogP contribution is -2.06. The highest BCUT2D eigenvalue weighted by molar-refractivity contribution is 5.62. The number of hydrogen-bond donors (Lipinski definition) is 2. The van der Waals surface area contributed by atoms with Crippen molar-refractivity contribution in [2.24, 2.45) is 0 Å². The van der Waals surface area contributed by atoms with Crippen LogP contribution in [0.25, 0.3) is 11.3 Å². The van der Waals surface area contributed by atoms with Crippen molar-refractivity contribution < 1.29 is 0 Å². The molecule has 0 radical (unpaired) electrons. The third-order valence-electron chi connectivity index (χ3n) is 3.72. The van der Waals surface area contributed by atoms with Crippen LogP contribution >= 0.6 is 0 Å². The fourth-order valence-electron chi connectivity index (χ4n) is 2.56. The maximum absolute atomic E-state index is 11.9. The van der Waals surface area contributed by atoms with Gasteiger partial charge in [-0.3, -0.25) is 15.0 Å². The normalized spacial score (nSPS) is 10.8. The van der Waals surface area contributed by atoms with Gasteiger partial charge in [0.1, 0.15) is 0 Å². The van der Waals surface area contributed by atoms with Crippen molar-refractivity contribution in [3.8, 4) is 11.3 Å². The van der Waals surface area contributed by atoms with Crippen molar-refractivity contribution in [2.75, 3.05) is 0 Å². The Balaban J connectivity index is 1.95. The van der Waals surface area contributed by atoms with Gasteiger partial charge in [0, 0.05) is 5.56 Å². The number of benzene rings is 1. The smallest absolute Gasteiger partial charge is 0.267 e. The highest BCUT2D eigenvalue weighted by Crippen LogP contribution is 2.20. The zero-order chi connectivity index (χ0) is 14.2. The highest BCUT2D eigenvalue weighted by Gasteiger charge is 2.10. The zero-order valence-corrected chi connectivity index (χ0v) is 12.2. The van der Waals surface area contributed by atoms with E-state index >= 15 is 0 Å². The maximum Gasteiger partial charge on any atom is 0.267 e. The lowest BCUT2D eigenvalue weighted by molar-refractivity contribution is 0.607. The maximum atomic E-state index is 11.9. The molecular formula is C17H24N2O. The van der Waals surface area contributed by atoms with Crippen molar-refractivity contribution in [3.05, 3.63) is 46.2 Å². The number of aromatic nitrogens is 2. The lowest BCUT2D eigenvalue weighted by atomic mass is 10.0. The van der Waals surface area contributed by atoms with Crippen molar-refractivity contribution in [3.63, 3.8) is 0 Å². The number of hydrogen-bond acceptors (Lipinski definition) is 1. The predicted molar refractivity (Wildman–Crippen MR) is 83.9 cm³/mol. The fraction of sp³-hybridized carbons (Fsp3) is 0.471. The van der Waals surface area contributed by atoms with Crippen LogP contribution in [0.3, 0.4) is 0 Å². The molecule has 0 aliphatic heterocycles. The van der Waals surface area contributed by atoms with Crippen LogP contribution in [0.1, 0.15) is 51.0 Å². The molecule has 0 saturated carbocycles. The van der Waals surface area contributed by atoms with Gasteiger partial charge in [0.2, 0.25) is 0 Å². The number of H-pyrrole nitrogens is 2. The Labute approximate surface area is 120 Å². The first-order chi connectivity index (χ1) is 9.83. The molecule has 0 saturated heterocycles. The van der Waals surface area contributed by atoms with Gasteiger partial charge in [-0.25, -0.2) is 0 Å². The topological polar surface area (TPSA) is 48.6 Å². The van der Waals surface area contributed by atoms with Gasteiger partial charge in [-0.15, -0.1) is 0 Å². The van der Waals surface area contributed by atoms with Crippen LogP contribution < -0.4 is 5.56 Å². The first-order valence-electron chi connectivity index (χ1n) is 7.68. The molecule has 108 valence electrons. The van der Waals surface area contributed by atoms with Crippen molar-refractivity contribution in [1.29, 1.82) is 0 Å². The third-order valence-corrected chi connectivity index (χ3v) is 3.72. The second-order valence-electron chi connectivity index (χ2n) is 5.32. The molecule has 2 rings (SSSR count). The largest absolute Gasteiger partial charge is 0.297 e. The third kappa shape index (κ3) is 3.86. The Kier molecular flexibility index (Phi) is 5.66. The molecule has 20 heavy (non-hydrogen) atoms. The molecule has 0 aliphatic carbocycles. The summed E-state index contributed by atoms with van der Waals surface area (Å²) in [4.78, 5) is 11.9. The van der Waals surface area contributed by atoms with Gasteiger partial charge in [-0.2, -0.15) is 0 Å². The Morgan fingerprint density at radius 3 is 2.35 bits per heavy atom. The van der Waals surface area contributed by atoms with E-state index in [2.05, 4.69) is 17.1 Å². The predicted octanol–water partition coefficient (Wildman–Crippen LogP) is 4.27. The van der Waals surface area contributed by atoms with Gasteiger partial charge in [0.05, 0.1) is 5.69 Å². The molecule has 0 aliphatic rings. The summed E-state index contributed by atoms with van der Waals surface area (Å²) in [6.07, 6.45) is 8.33. The van der Waals surface area contributed by atoms with Gasteiger partial charge in [-0.05, 0) is 18.4 Å². The second kappa shape index (κ2) is 7.73. The summed E-state index contributed by atoms with van der Waals surface area (Å²) < 4.78 is 0. The van der Waals surface area contributed by atoms with E-state index in [1.807, 2.05) is 30.3 Å². The van der Waals surface area contributed by atoms with Crippen molar-refractivity contribution in [1.82, 2.24) is 10.2 Å². The van der Waals surface area contributed by atoms with E-state index in [1.54, 1.807) is 0 Å². The molecule has 0 bridgehead atoms. The fourth-order valence-corrected chi connectivity index (χ4v) is 2.56. The van der Waals surface area contributed by atoms with E-state index in [9.17, 15) is 4.79 Å². The van der Waals surface area contributed by atoms with Crippen LogP contribution in [0.15, 0.2) is 35.1 Å². The molecule has 0 unspecified atom stereocenters. The molecule has 1 heterocycles. The Morgan fingerprint density at radius 1 is 0.900 bits per heavy atom. The Hall–Kier alpha value is -1.77. The van der Waals surface area contributed by atoms with Crippen LogP contribution in [-0.4, -0.2) is 10.2 Å². The molecule has 2 N–H and O–H groups in total. The minimum atomic E-state index is 0.0254. The molecule has 3 nitrogen and oxygen atoms in total. The highest BCUT2D eigenvalue weighted by atomic mass is 16.1. The molecule has 0 amide bonds.